The van der Waals surface area contributed by atoms with Crippen LogP contribution in [0.3, 0.4) is 0 Å². The molecule has 1 fully saturated rings. The Labute approximate surface area is 172 Å². The molecule has 4 rings (SSSR count). The maximum atomic E-state index is 13.1. The van der Waals surface area contributed by atoms with Gasteiger partial charge in [0.25, 0.3) is 0 Å². The van der Waals surface area contributed by atoms with Gasteiger partial charge in [-0.05, 0) is 55.0 Å². The molecular weight excluding hydrogens is 362 g/mol. The third-order valence-corrected chi connectivity index (χ3v) is 6.02. The summed E-state index contributed by atoms with van der Waals surface area (Å²) in [5.41, 5.74) is 2.20. The first-order valence-corrected chi connectivity index (χ1v) is 10.6. The van der Waals surface area contributed by atoms with Crippen LogP contribution in [0, 0.1) is 5.92 Å². The molecule has 1 aliphatic rings. The minimum absolute atomic E-state index is 0.0735. The molecule has 152 valence electrons. The molecule has 1 atom stereocenters. The summed E-state index contributed by atoms with van der Waals surface area (Å²) in [7, 11) is 1.67. The minimum atomic E-state index is -0.0735. The van der Waals surface area contributed by atoms with Crippen LogP contribution in [0.2, 0.25) is 0 Å². The highest BCUT2D eigenvalue weighted by molar-refractivity contribution is 5.84. The van der Waals surface area contributed by atoms with E-state index in [1.807, 2.05) is 48.8 Å². The maximum Gasteiger partial charge on any atom is 0.227 e. The lowest BCUT2D eigenvalue weighted by atomic mass is 9.84. The number of ether oxygens (including phenoxy) is 1. The van der Waals surface area contributed by atoms with E-state index in [0.29, 0.717) is 12.5 Å². The molecule has 0 spiro atoms. The maximum absolute atomic E-state index is 13.1. The normalized spacial score (nSPS) is 15.5. The van der Waals surface area contributed by atoms with Crippen LogP contribution in [0.5, 0.6) is 5.75 Å². The highest BCUT2D eigenvalue weighted by Crippen LogP contribution is 2.38. The van der Waals surface area contributed by atoms with E-state index in [9.17, 15) is 4.79 Å². The first-order valence-electron chi connectivity index (χ1n) is 10.6. The predicted octanol–water partition coefficient (Wildman–Crippen LogP) is 4.37. The molecule has 1 saturated carbocycles. The molecule has 0 saturated heterocycles. The van der Waals surface area contributed by atoms with E-state index in [1.165, 1.54) is 12.8 Å². The van der Waals surface area contributed by atoms with E-state index in [4.69, 9.17) is 4.74 Å². The molecule has 5 heteroatoms. The predicted molar refractivity (Wildman–Crippen MR) is 114 cm³/mol. The third kappa shape index (κ3) is 4.44. The second-order valence-corrected chi connectivity index (χ2v) is 7.86. The quantitative estimate of drug-likeness (QED) is 0.580. The average molecular weight is 392 g/mol. The van der Waals surface area contributed by atoms with E-state index >= 15 is 0 Å². The van der Waals surface area contributed by atoms with E-state index in [2.05, 4.69) is 20.8 Å². The molecule has 3 aromatic rings. The SMILES string of the molecule is COc1ccc(C(C(=O)NCCCc2ncc3ccccn23)C2CCCC2)cc1. The van der Waals surface area contributed by atoms with Gasteiger partial charge in [0.15, 0.2) is 0 Å². The molecule has 29 heavy (non-hydrogen) atoms. The van der Waals surface area contributed by atoms with Crippen LogP contribution in [0.25, 0.3) is 5.52 Å². The Hall–Kier alpha value is -2.82. The number of carbonyl (C=O) groups is 1. The minimum Gasteiger partial charge on any atom is -0.497 e. The lowest BCUT2D eigenvalue weighted by Gasteiger charge is -2.23. The topological polar surface area (TPSA) is 55.6 Å². The number of hydrogen-bond donors (Lipinski definition) is 1. The third-order valence-electron chi connectivity index (χ3n) is 6.02. The number of imidazole rings is 1. The van der Waals surface area contributed by atoms with Gasteiger partial charge in [-0.1, -0.05) is 31.0 Å². The molecular formula is C24H29N3O2. The van der Waals surface area contributed by atoms with Gasteiger partial charge in [-0.25, -0.2) is 4.98 Å². The van der Waals surface area contributed by atoms with Gasteiger partial charge in [0, 0.05) is 19.2 Å². The number of nitrogens with zero attached hydrogens (tertiary/aromatic N) is 2. The van der Waals surface area contributed by atoms with Crippen molar-refractivity contribution in [2.75, 3.05) is 13.7 Å². The van der Waals surface area contributed by atoms with E-state index in [-0.39, 0.29) is 11.8 Å². The Morgan fingerprint density at radius 3 is 2.76 bits per heavy atom. The zero-order valence-corrected chi connectivity index (χ0v) is 17.0. The van der Waals surface area contributed by atoms with Crippen LogP contribution in [0.1, 0.15) is 49.4 Å². The average Bonchev–Trinajstić information content (AvgIpc) is 3.42. The number of benzene rings is 1. The van der Waals surface area contributed by atoms with Crippen molar-refractivity contribution in [2.24, 2.45) is 5.92 Å². The van der Waals surface area contributed by atoms with Crippen molar-refractivity contribution >= 4 is 11.4 Å². The van der Waals surface area contributed by atoms with Crippen molar-refractivity contribution < 1.29 is 9.53 Å². The summed E-state index contributed by atoms with van der Waals surface area (Å²) in [4.78, 5) is 17.6. The van der Waals surface area contributed by atoms with Gasteiger partial charge >= 0.3 is 0 Å². The zero-order valence-electron chi connectivity index (χ0n) is 17.0. The number of aryl methyl sites for hydroxylation is 1. The standard InChI is InChI=1S/C24H29N3O2/c1-29-21-13-11-19(12-14-21)23(18-7-2-3-8-18)24(28)25-15-6-10-22-26-17-20-9-4-5-16-27(20)22/h4-5,9,11-14,16-18,23H,2-3,6-8,10,15H2,1H3,(H,25,28). The lowest BCUT2D eigenvalue weighted by Crippen LogP contribution is -2.33. The summed E-state index contributed by atoms with van der Waals surface area (Å²) in [6.07, 6.45) is 10.3. The van der Waals surface area contributed by atoms with Crippen LogP contribution < -0.4 is 10.1 Å². The fraction of sp³-hybridized carbons (Fsp3) is 0.417. The molecule has 1 aliphatic carbocycles. The van der Waals surface area contributed by atoms with Gasteiger partial charge in [0.05, 0.1) is 24.7 Å². The van der Waals surface area contributed by atoms with Crippen molar-refractivity contribution in [3.63, 3.8) is 0 Å². The second-order valence-electron chi connectivity index (χ2n) is 7.86. The molecule has 1 N–H and O–H groups in total. The molecule has 1 unspecified atom stereocenters. The fourth-order valence-electron chi connectivity index (χ4n) is 4.49. The lowest BCUT2D eigenvalue weighted by molar-refractivity contribution is -0.123. The number of rotatable bonds is 8. The smallest absolute Gasteiger partial charge is 0.227 e. The van der Waals surface area contributed by atoms with Crippen LogP contribution >= 0.6 is 0 Å². The Kier molecular flexibility index (Phi) is 6.13. The molecule has 0 bridgehead atoms. The van der Waals surface area contributed by atoms with E-state index in [0.717, 1.165) is 48.3 Å². The highest BCUT2D eigenvalue weighted by atomic mass is 16.5. The van der Waals surface area contributed by atoms with Gasteiger partial charge in [-0.15, -0.1) is 0 Å². The van der Waals surface area contributed by atoms with Crippen molar-refractivity contribution in [3.05, 3.63) is 66.2 Å². The molecule has 0 aliphatic heterocycles. The number of methoxy groups -OCH3 is 1. The number of carbonyl (C=O) groups excluding carboxylic acids is 1. The first-order chi connectivity index (χ1) is 14.3. The van der Waals surface area contributed by atoms with E-state index in [1.54, 1.807) is 7.11 Å². The monoisotopic (exact) mass is 391 g/mol. The summed E-state index contributed by atoms with van der Waals surface area (Å²) in [6.45, 7) is 0.667. The number of pyridine rings is 1. The molecule has 1 aromatic carbocycles. The first kappa shape index (κ1) is 19.5. The van der Waals surface area contributed by atoms with E-state index < -0.39 is 0 Å². The Morgan fingerprint density at radius 1 is 1.21 bits per heavy atom. The van der Waals surface area contributed by atoms with Gasteiger partial charge in [0.2, 0.25) is 5.91 Å². The Morgan fingerprint density at radius 2 is 2.00 bits per heavy atom. The molecule has 2 aromatic heterocycles. The number of hydrogen-bond acceptors (Lipinski definition) is 3. The van der Waals surface area contributed by atoms with Gasteiger partial charge < -0.3 is 14.5 Å². The summed E-state index contributed by atoms with van der Waals surface area (Å²) < 4.78 is 7.38. The fourth-order valence-corrected chi connectivity index (χ4v) is 4.49. The summed E-state index contributed by atoms with van der Waals surface area (Å²) in [5, 5.41) is 3.19. The van der Waals surface area contributed by atoms with Crippen molar-refractivity contribution in [3.8, 4) is 5.75 Å². The van der Waals surface area contributed by atoms with Crippen molar-refractivity contribution in [1.82, 2.24) is 14.7 Å². The number of aromatic nitrogens is 2. The Balaban J connectivity index is 1.37. The second kappa shape index (κ2) is 9.12. The number of amides is 1. The zero-order chi connectivity index (χ0) is 20.1. The molecule has 0 radical (unpaired) electrons. The van der Waals surface area contributed by atoms with Gasteiger partial charge in [-0.2, -0.15) is 0 Å². The van der Waals surface area contributed by atoms with Crippen LogP contribution in [0.15, 0.2) is 54.9 Å². The Bertz CT molecular complexity index is 942. The van der Waals surface area contributed by atoms with Crippen LogP contribution in [-0.4, -0.2) is 28.9 Å². The molecule has 5 nitrogen and oxygen atoms in total. The summed E-state index contributed by atoms with van der Waals surface area (Å²) >= 11 is 0. The molecule has 2 heterocycles. The number of nitrogens with one attached hydrogen (secondary N) is 1. The van der Waals surface area contributed by atoms with Crippen LogP contribution in [0.4, 0.5) is 0 Å². The molecule has 1 amide bonds. The summed E-state index contributed by atoms with van der Waals surface area (Å²) in [5.74, 6) is 2.37. The largest absolute Gasteiger partial charge is 0.497 e. The highest BCUT2D eigenvalue weighted by Gasteiger charge is 2.31. The van der Waals surface area contributed by atoms with Crippen LogP contribution in [-0.2, 0) is 11.2 Å². The van der Waals surface area contributed by atoms with Gasteiger partial charge in [-0.3, -0.25) is 4.79 Å². The van der Waals surface area contributed by atoms with Gasteiger partial charge in [0.1, 0.15) is 11.6 Å². The van der Waals surface area contributed by atoms with Crippen molar-refractivity contribution in [2.45, 2.75) is 44.4 Å². The summed E-state index contributed by atoms with van der Waals surface area (Å²) in [6, 6.07) is 14.1. The number of fused-ring (bicyclic) bond motifs is 1. The van der Waals surface area contributed by atoms with Crippen molar-refractivity contribution in [1.29, 1.82) is 0 Å².